The van der Waals surface area contributed by atoms with Crippen molar-refractivity contribution >= 4 is 35.2 Å². The lowest BCUT2D eigenvalue weighted by Gasteiger charge is -2.14. The van der Waals surface area contributed by atoms with Crippen molar-refractivity contribution in [3.05, 3.63) is 63.7 Å². The first-order valence-corrected chi connectivity index (χ1v) is 8.90. The number of allylic oxidation sites excluding steroid dienone is 1. The van der Waals surface area contributed by atoms with E-state index in [1.54, 1.807) is 37.3 Å². The van der Waals surface area contributed by atoms with Gasteiger partial charge in [0.25, 0.3) is 0 Å². The summed E-state index contributed by atoms with van der Waals surface area (Å²) in [6.45, 7) is 1.78. The van der Waals surface area contributed by atoms with Gasteiger partial charge in [0.15, 0.2) is 29.7 Å². The predicted molar refractivity (Wildman–Crippen MR) is 103 cm³/mol. The SMILES string of the molecule is CCOc1cc(C=C2C(=O)c3ccccc3C2=O)cc(Cl)c1OCC(=O)OC. The summed E-state index contributed by atoms with van der Waals surface area (Å²) < 4.78 is 15.5. The highest BCUT2D eigenvalue weighted by molar-refractivity contribution is 6.41. The molecule has 2 aromatic rings. The largest absolute Gasteiger partial charge is 0.490 e. The zero-order chi connectivity index (χ0) is 20.3. The highest BCUT2D eigenvalue weighted by atomic mass is 35.5. The van der Waals surface area contributed by atoms with Crippen molar-refractivity contribution in [1.82, 2.24) is 0 Å². The van der Waals surface area contributed by atoms with Crippen LogP contribution in [0.2, 0.25) is 5.02 Å². The lowest BCUT2D eigenvalue weighted by Crippen LogP contribution is -2.13. The number of hydrogen-bond donors (Lipinski definition) is 0. The molecule has 6 nitrogen and oxygen atoms in total. The van der Waals surface area contributed by atoms with Crippen molar-refractivity contribution in [2.24, 2.45) is 0 Å². The molecule has 2 aromatic carbocycles. The number of carbonyl (C=O) groups is 3. The van der Waals surface area contributed by atoms with E-state index in [-0.39, 0.29) is 34.5 Å². The van der Waals surface area contributed by atoms with E-state index < -0.39 is 5.97 Å². The quantitative estimate of drug-likeness (QED) is 0.417. The third-order valence-electron chi connectivity index (χ3n) is 4.11. The van der Waals surface area contributed by atoms with E-state index in [0.29, 0.717) is 29.0 Å². The maximum atomic E-state index is 12.6. The van der Waals surface area contributed by atoms with Crippen LogP contribution in [0.25, 0.3) is 6.08 Å². The van der Waals surface area contributed by atoms with E-state index in [0.717, 1.165) is 0 Å². The van der Waals surface area contributed by atoms with Gasteiger partial charge < -0.3 is 14.2 Å². The molecule has 0 saturated heterocycles. The summed E-state index contributed by atoms with van der Waals surface area (Å²) in [5.74, 6) is -0.754. The topological polar surface area (TPSA) is 78.9 Å². The fourth-order valence-electron chi connectivity index (χ4n) is 2.83. The first-order chi connectivity index (χ1) is 13.5. The van der Waals surface area contributed by atoms with E-state index in [1.807, 2.05) is 0 Å². The molecule has 0 N–H and O–H groups in total. The third-order valence-corrected chi connectivity index (χ3v) is 4.39. The molecule has 0 fully saturated rings. The minimum atomic E-state index is -0.565. The molecule has 0 spiro atoms. The van der Waals surface area contributed by atoms with Crippen LogP contribution < -0.4 is 9.47 Å². The minimum absolute atomic E-state index is 0.0583. The van der Waals surface area contributed by atoms with Crippen LogP contribution >= 0.6 is 11.6 Å². The molecule has 0 aliphatic heterocycles. The molecule has 7 heteroatoms. The zero-order valence-electron chi connectivity index (χ0n) is 15.3. The number of Topliss-reactive ketones (excluding diaryl/α,β-unsaturated/α-hetero) is 2. The van der Waals surface area contributed by atoms with Gasteiger partial charge in [-0.25, -0.2) is 4.79 Å². The van der Waals surface area contributed by atoms with Crippen LogP contribution in [0.1, 0.15) is 33.2 Å². The molecule has 0 heterocycles. The number of hydrogen-bond acceptors (Lipinski definition) is 6. The summed E-state index contributed by atoms with van der Waals surface area (Å²) in [6.07, 6.45) is 1.48. The molecule has 3 rings (SSSR count). The van der Waals surface area contributed by atoms with Crippen LogP contribution in [-0.2, 0) is 9.53 Å². The number of ether oxygens (including phenoxy) is 3. The number of halogens is 1. The summed E-state index contributed by atoms with van der Waals surface area (Å²) in [5, 5.41) is 0.178. The fraction of sp³-hybridized carbons (Fsp3) is 0.190. The normalized spacial score (nSPS) is 12.6. The van der Waals surface area contributed by atoms with Crippen LogP contribution in [0.4, 0.5) is 0 Å². The lowest BCUT2D eigenvalue weighted by molar-refractivity contribution is -0.142. The van der Waals surface area contributed by atoms with Gasteiger partial charge in [-0.05, 0) is 30.7 Å². The molecule has 0 amide bonds. The van der Waals surface area contributed by atoms with Crippen molar-refractivity contribution in [2.45, 2.75) is 6.92 Å². The Morgan fingerprint density at radius 2 is 1.71 bits per heavy atom. The van der Waals surface area contributed by atoms with E-state index in [4.69, 9.17) is 21.1 Å². The number of esters is 1. The molecule has 1 aliphatic rings. The Kier molecular flexibility index (Phi) is 5.80. The van der Waals surface area contributed by atoms with Gasteiger partial charge in [0, 0.05) is 11.1 Å². The number of methoxy groups -OCH3 is 1. The highest BCUT2D eigenvalue weighted by Crippen LogP contribution is 2.38. The van der Waals surface area contributed by atoms with Gasteiger partial charge in [0.2, 0.25) is 0 Å². The van der Waals surface area contributed by atoms with Crippen LogP contribution in [0.5, 0.6) is 11.5 Å². The maximum Gasteiger partial charge on any atom is 0.343 e. The Labute approximate surface area is 166 Å². The Bertz CT molecular complexity index is 955. The number of ketones is 2. The Morgan fingerprint density at radius 1 is 1.07 bits per heavy atom. The average Bonchev–Trinajstić information content (AvgIpc) is 2.92. The molecule has 0 aromatic heterocycles. The summed E-state index contributed by atoms with van der Waals surface area (Å²) in [5.41, 5.74) is 1.33. The summed E-state index contributed by atoms with van der Waals surface area (Å²) in [4.78, 5) is 36.4. The average molecular weight is 401 g/mol. The molecule has 0 radical (unpaired) electrons. The van der Waals surface area contributed by atoms with E-state index in [9.17, 15) is 14.4 Å². The Balaban J connectivity index is 1.97. The Hall–Kier alpha value is -3.12. The van der Waals surface area contributed by atoms with Crippen molar-refractivity contribution in [1.29, 1.82) is 0 Å². The zero-order valence-corrected chi connectivity index (χ0v) is 16.0. The summed E-state index contributed by atoms with van der Waals surface area (Å²) in [6, 6.07) is 9.80. The van der Waals surface area contributed by atoms with E-state index in [1.165, 1.54) is 19.3 Å². The Morgan fingerprint density at radius 3 is 2.29 bits per heavy atom. The van der Waals surface area contributed by atoms with Crippen LogP contribution in [0.3, 0.4) is 0 Å². The lowest BCUT2D eigenvalue weighted by atomic mass is 10.1. The number of carbonyl (C=O) groups excluding carboxylic acids is 3. The number of rotatable bonds is 6. The molecule has 144 valence electrons. The van der Waals surface area contributed by atoms with E-state index >= 15 is 0 Å². The van der Waals surface area contributed by atoms with Crippen molar-refractivity contribution in [2.75, 3.05) is 20.3 Å². The number of fused-ring (bicyclic) bond motifs is 1. The summed E-state index contributed by atoms with van der Waals surface area (Å²) >= 11 is 6.29. The van der Waals surface area contributed by atoms with Gasteiger partial charge >= 0.3 is 5.97 Å². The maximum absolute atomic E-state index is 12.6. The smallest absolute Gasteiger partial charge is 0.343 e. The molecule has 1 aliphatic carbocycles. The van der Waals surface area contributed by atoms with Gasteiger partial charge in [-0.2, -0.15) is 0 Å². The van der Waals surface area contributed by atoms with Crippen molar-refractivity contribution < 1.29 is 28.6 Å². The van der Waals surface area contributed by atoms with Crippen molar-refractivity contribution in [3.63, 3.8) is 0 Å². The van der Waals surface area contributed by atoms with Crippen LogP contribution in [0, 0.1) is 0 Å². The van der Waals surface area contributed by atoms with Crippen molar-refractivity contribution in [3.8, 4) is 11.5 Å². The molecule has 0 bridgehead atoms. The molecular formula is C21H17ClO6. The molecule has 28 heavy (non-hydrogen) atoms. The monoisotopic (exact) mass is 400 g/mol. The first-order valence-electron chi connectivity index (χ1n) is 8.52. The van der Waals surface area contributed by atoms with Gasteiger partial charge in [0.1, 0.15) is 0 Å². The molecule has 0 atom stereocenters. The van der Waals surface area contributed by atoms with Gasteiger partial charge in [-0.15, -0.1) is 0 Å². The van der Waals surface area contributed by atoms with Gasteiger partial charge in [0.05, 0.1) is 24.3 Å². The first kappa shape index (κ1) is 19.6. The van der Waals surface area contributed by atoms with E-state index in [2.05, 4.69) is 4.74 Å². The minimum Gasteiger partial charge on any atom is -0.490 e. The van der Waals surface area contributed by atoms with Crippen LogP contribution in [-0.4, -0.2) is 37.9 Å². The predicted octanol–water partition coefficient (Wildman–Crippen LogP) is 3.75. The van der Waals surface area contributed by atoms with Gasteiger partial charge in [-0.1, -0.05) is 35.9 Å². The fourth-order valence-corrected chi connectivity index (χ4v) is 3.11. The standard InChI is InChI=1S/C21H17ClO6/c1-3-27-17-10-12(9-16(22)21(17)28-11-18(23)26-2)8-15-19(24)13-6-4-5-7-14(13)20(15)25/h4-10H,3,11H2,1-2H3. The van der Waals surface area contributed by atoms with Crippen LogP contribution in [0.15, 0.2) is 42.0 Å². The summed E-state index contributed by atoms with van der Waals surface area (Å²) in [7, 11) is 1.25. The van der Waals surface area contributed by atoms with Gasteiger partial charge in [-0.3, -0.25) is 9.59 Å². The second-order valence-corrected chi connectivity index (χ2v) is 6.30. The highest BCUT2D eigenvalue weighted by Gasteiger charge is 2.32. The third kappa shape index (κ3) is 3.77. The second kappa shape index (κ2) is 8.27. The molecule has 0 saturated carbocycles. The molecule has 0 unspecified atom stereocenters. The second-order valence-electron chi connectivity index (χ2n) is 5.89. The molecular weight excluding hydrogens is 384 g/mol. The number of benzene rings is 2.